The third-order valence-corrected chi connectivity index (χ3v) is 3.07. The van der Waals surface area contributed by atoms with Gasteiger partial charge in [0.25, 0.3) is 0 Å². The van der Waals surface area contributed by atoms with Gasteiger partial charge in [-0.05, 0) is 54.8 Å². The van der Waals surface area contributed by atoms with E-state index in [1.807, 2.05) is 48.5 Å². The van der Waals surface area contributed by atoms with Crippen LogP contribution in [-0.2, 0) is 11.2 Å². The molecule has 0 saturated carbocycles. The van der Waals surface area contributed by atoms with Gasteiger partial charge >= 0.3 is 5.97 Å². The van der Waals surface area contributed by atoms with Crippen LogP contribution in [0.25, 0.3) is 0 Å². The minimum Gasteiger partial charge on any atom is -0.497 e. The molecule has 0 aromatic heterocycles. The molecule has 2 aromatic carbocycles. The fourth-order valence-electron chi connectivity index (χ4n) is 1.95. The second kappa shape index (κ2) is 7.33. The predicted molar refractivity (Wildman–Crippen MR) is 80.1 cm³/mol. The number of hydrogen-bond donors (Lipinski definition) is 1. The van der Waals surface area contributed by atoms with Gasteiger partial charge in [-0.1, -0.05) is 12.1 Å². The van der Waals surface area contributed by atoms with Gasteiger partial charge in [-0.15, -0.1) is 0 Å². The van der Waals surface area contributed by atoms with Gasteiger partial charge in [0.1, 0.15) is 17.2 Å². The Hall–Kier alpha value is -2.49. The minimum absolute atomic E-state index is 0.199. The van der Waals surface area contributed by atoms with Crippen LogP contribution in [0, 0.1) is 0 Å². The summed E-state index contributed by atoms with van der Waals surface area (Å²) < 4.78 is 10.8. The smallest absolute Gasteiger partial charge is 0.303 e. The number of carbonyl (C=O) groups is 1. The highest BCUT2D eigenvalue weighted by Crippen LogP contribution is 2.24. The third kappa shape index (κ3) is 4.84. The van der Waals surface area contributed by atoms with Crippen molar-refractivity contribution < 1.29 is 19.4 Å². The van der Waals surface area contributed by atoms with E-state index in [4.69, 9.17) is 14.6 Å². The number of methoxy groups -OCH3 is 1. The van der Waals surface area contributed by atoms with Gasteiger partial charge in [0.15, 0.2) is 0 Å². The summed E-state index contributed by atoms with van der Waals surface area (Å²) in [6, 6.07) is 15.1. The summed E-state index contributed by atoms with van der Waals surface area (Å²) in [5, 5.41) is 8.61. The van der Waals surface area contributed by atoms with Crippen molar-refractivity contribution in [1.82, 2.24) is 0 Å². The summed E-state index contributed by atoms with van der Waals surface area (Å²) in [5.74, 6) is 1.53. The molecule has 1 N–H and O–H groups in total. The normalized spacial score (nSPS) is 10.1. The van der Waals surface area contributed by atoms with Crippen molar-refractivity contribution >= 4 is 5.97 Å². The first-order valence-electron chi connectivity index (χ1n) is 6.80. The predicted octanol–water partition coefficient (Wildman–Crippen LogP) is 3.89. The number of hydrogen-bond acceptors (Lipinski definition) is 3. The van der Waals surface area contributed by atoms with E-state index in [1.54, 1.807) is 7.11 Å². The maximum absolute atomic E-state index is 10.5. The van der Waals surface area contributed by atoms with Crippen molar-refractivity contribution in [1.29, 1.82) is 0 Å². The van der Waals surface area contributed by atoms with Crippen molar-refractivity contribution in [3.05, 3.63) is 54.1 Å². The number of carboxylic acid groups (broad SMARTS) is 1. The highest BCUT2D eigenvalue weighted by molar-refractivity contribution is 5.66. The molecule has 0 atom stereocenters. The van der Waals surface area contributed by atoms with Gasteiger partial charge in [-0.3, -0.25) is 4.79 Å². The van der Waals surface area contributed by atoms with Crippen molar-refractivity contribution in [2.75, 3.05) is 7.11 Å². The number of ether oxygens (including phenoxy) is 2. The second-order valence-electron chi connectivity index (χ2n) is 4.67. The van der Waals surface area contributed by atoms with E-state index in [-0.39, 0.29) is 6.42 Å². The number of aryl methyl sites for hydroxylation is 1. The van der Waals surface area contributed by atoms with Gasteiger partial charge in [0, 0.05) is 6.42 Å². The van der Waals surface area contributed by atoms with Crippen LogP contribution in [0.3, 0.4) is 0 Å². The SMILES string of the molecule is COc1ccc(Oc2ccc(CCCC(=O)O)cc2)cc1. The van der Waals surface area contributed by atoms with E-state index >= 15 is 0 Å². The average Bonchev–Trinajstić information content (AvgIpc) is 2.49. The van der Waals surface area contributed by atoms with Crippen LogP contribution in [0.2, 0.25) is 0 Å². The molecular weight excluding hydrogens is 268 g/mol. The number of aliphatic carboxylic acids is 1. The maximum atomic E-state index is 10.5. The van der Waals surface area contributed by atoms with Crippen LogP contribution >= 0.6 is 0 Å². The molecule has 2 aromatic rings. The van der Waals surface area contributed by atoms with Gasteiger partial charge in [-0.25, -0.2) is 0 Å². The molecule has 110 valence electrons. The number of rotatable bonds is 7. The van der Waals surface area contributed by atoms with Crippen LogP contribution in [0.4, 0.5) is 0 Å². The quantitative estimate of drug-likeness (QED) is 0.838. The Morgan fingerprint density at radius 2 is 1.48 bits per heavy atom. The third-order valence-electron chi connectivity index (χ3n) is 3.07. The monoisotopic (exact) mass is 286 g/mol. The van der Waals surface area contributed by atoms with Gasteiger partial charge in [0.05, 0.1) is 7.11 Å². The number of benzene rings is 2. The zero-order chi connectivity index (χ0) is 15.1. The molecule has 0 unspecified atom stereocenters. The fraction of sp³-hybridized carbons (Fsp3) is 0.235. The van der Waals surface area contributed by atoms with E-state index in [0.29, 0.717) is 6.42 Å². The standard InChI is InChI=1S/C17H18O4/c1-20-14-9-11-16(12-10-14)21-15-7-5-13(6-8-15)3-2-4-17(18)19/h5-12H,2-4H2,1H3,(H,18,19). The molecule has 0 heterocycles. The van der Waals surface area contributed by atoms with Gasteiger partial charge in [-0.2, -0.15) is 0 Å². The summed E-state index contributed by atoms with van der Waals surface area (Å²) in [5.41, 5.74) is 1.11. The van der Waals surface area contributed by atoms with Crippen molar-refractivity contribution in [2.24, 2.45) is 0 Å². The molecule has 0 aliphatic carbocycles. The van der Waals surface area contributed by atoms with Crippen LogP contribution in [0.15, 0.2) is 48.5 Å². The van der Waals surface area contributed by atoms with E-state index in [9.17, 15) is 4.79 Å². The topological polar surface area (TPSA) is 55.8 Å². The number of carboxylic acids is 1. The molecule has 21 heavy (non-hydrogen) atoms. The van der Waals surface area contributed by atoms with Crippen molar-refractivity contribution in [2.45, 2.75) is 19.3 Å². The Morgan fingerprint density at radius 1 is 0.952 bits per heavy atom. The second-order valence-corrected chi connectivity index (χ2v) is 4.67. The Labute approximate surface area is 123 Å². The lowest BCUT2D eigenvalue weighted by molar-refractivity contribution is -0.137. The van der Waals surface area contributed by atoms with E-state index in [1.165, 1.54) is 0 Å². The first kappa shape index (κ1) is 14.9. The molecule has 4 nitrogen and oxygen atoms in total. The first-order valence-corrected chi connectivity index (χ1v) is 6.80. The van der Waals surface area contributed by atoms with Gasteiger partial charge < -0.3 is 14.6 Å². The molecule has 2 rings (SSSR count). The molecule has 0 radical (unpaired) electrons. The minimum atomic E-state index is -0.755. The van der Waals surface area contributed by atoms with Crippen LogP contribution in [0.5, 0.6) is 17.2 Å². The fourth-order valence-corrected chi connectivity index (χ4v) is 1.95. The van der Waals surface area contributed by atoms with E-state index in [2.05, 4.69) is 0 Å². The molecule has 0 bridgehead atoms. The zero-order valence-electron chi connectivity index (χ0n) is 11.9. The van der Waals surface area contributed by atoms with Crippen LogP contribution in [-0.4, -0.2) is 18.2 Å². The largest absolute Gasteiger partial charge is 0.497 e. The summed E-state index contributed by atoms with van der Waals surface area (Å²) in [6.07, 6.45) is 1.60. The van der Waals surface area contributed by atoms with Crippen LogP contribution in [0.1, 0.15) is 18.4 Å². The van der Waals surface area contributed by atoms with Crippen molar-refractivity contribution in [3.63, 3.8) is 0 Å². The highest BCUT2D eigenvalue weighted by atomic mass is 16.5. The lowest BCUT2D eigenvalue weighted by Gasteiger charge is -2.07. The summed E-state index contributed by atoms with van der Waals surface area (Å²) in [6.45, 7) is 0. The molecule has 0 amide bonds. The molecule has 0 spiro atoms. The molecule has 0 aliphatic heterocycles. The molecule has 0 fully saturated rings. The molecule has 4 heteroatoms. The summed E-state index contributed by atoms with van der Waals surface area (Å²) in [4.78, 5) is 10.5. The molecule has 0 saturated heterocycles. The molecular formula is C17H18O4. The Kier molecular flexibility index (Phi) is 5.21. The van der Waals surface area contributed by atoms with Crippen molar-refractivity contribution in [3.8, 4) is 17.2 Å². The van der Waals surface area contributed by atoms with E-state index < -0.39 is 5.97 Å². The first-order chi connectivity index (χ1) is 10.2. The molecule has 0 aliphatic rings. The van der Waals surface area contributed by atoms with Crippen LogP contribution < -0.4 is 9.47 Å². The summed E-state index contributed by atoms with van der Waals surface area (Å²) in [7, 11) is 1.62. The zero-order valence-corrected chi connectivity index (χ0v) is 11.9. The van der Waals surface area contributed by atoms with E-state index in [0.717, 1.165) is 29.2 Å². The Bertz CT molecular complexity index is 573. The van der Waals surface area contributed by atoms with Gasteiger partial charge in [0.2, 0.25) is 0 Å². The Morgan fingerprint density at radius 3 is 2.00 bits per heavy atom. The summed E-state index contributed by atoms with van der Waals surface area (Å²) >= 11 is 0. The average molecular weight is 286 g/mol. The maximum Gasteiger partial charge on any atom is 0.303 e. The highest BCUT2D eigenvalue weighted by Gasteiger charge is 2.01. The lowest BCUT2D eigenvalue weighted by Crippen LogP contribution is -1.95. The Balaban J connectivity index is 1.90. The lowest BCUT2D eigenvalue weighted by atomic mass is 10.1.